The van der Waals surface area contributed by atoms with Gasteiger partial charge in [-0.2, -0.15) is 0 Å². The first-order chi connectivity index (χ1) is 10.2. The molecular weight excluding hydrogens is 262 g/mol. The number of benzene rings is 1. The first kappa shape index (κ1) is 14.6. The van der Waals surface area contributed by atoms with Crippen molar-refractivity contribution in [3.05, 3.63) is 35.4 Å². The van der Waals surface area contributed by atoms with Gasteiger partial charge in [0.25, 0.3) is 0 Å². The monoisotopic (exact) mass is 287 g/mol. The van der Waals surface area contributed by atoms with E-state index in [-0.39, 0.29) is 18.6 Å². The van der Waals surface area contributed by atoms with Gasteiger partial charge in [0.05, 0.1) is 6.42 Å². The molecule has 1 amide bonds. The minimum atomic E-state index is 0.229. The zero-order valence-corrected chi connectivity index (χ0v) is 12.8. The molecule has 1 aromatic rings. The van der Waals surface area contributed by atoms with E-state index < -0.39 is 0 Å². The number of hydrogen-bond donors (Lipinski definition) is 1. The van der Waals surface area contributed by atoms with E-state index in [1.165, 1.54) is 18.4 Å². The van der Waals surface area contributed by atoms with Gasteiger partial charge in [-0.1, -0.05) is 24.3 Å². The number of carbonyl (C=O) groups excluding carboxylic acids is 1. The first-order valence-corrected chi connectivity index (χ1v) is 8.16. The van der Waals surface area contributed by atoms with Crippen LogP contribution in [0.3, 0.4) is 0 Å². The van der Waals surface area contributed by atoms with Gasteiger partial charge in [0.2, 0.25) is 5.91 Å². The number of amides is 1. The Bertz CT molecular complexity index is 510. The summed E-state index contributed by atoms with van der Waals surface area (Å²) in [6, 6.07) is 8.78. The van der Waals surface area contributed by atoms with Crippen LogP contribution in [0.5, 0.6) is 0 Å². The van der Waals surface area contributed by atoms with Crippen molar-refractivity contribution in [2.75, 3.05) is 13.2 Å². The predicted octanol–water partition coefficient (Wildman–Crippen LogP) is 2.73. The molecule has 1 saturated heterocycles. The summed E-state index contributed by atoms with van der Waals surface area (Å²) < 4.78 is 0. The van der Waals surface area contributed by atoms with Crippen LogP contribution in [0.25, 0.3) is 0 Å². The summed E-state index contributed by atoms with van der Waals surface area (Å²) in [5.41, 5.74) is 2.54. The Kier molecular flexibility index (Phi) is 4.29. The van der Waals surface area contributed by atoms with Gasteiger partial charge >= 0.3 is 0 Å². The van der Waals surface area contributed by atoms with Crippen LogP contribution in [-0.4, -0.2) is 35.1 Å². The smallest absolute Gasteiger partial charge is 0.227 e. The number of piperidine rings is 1. The minimum Gasteiger partial charge on any atom is -0.396 e. The van der Waals surface area contributed by atoms with Crippen LogP contribution >= 0.6 is 0 Å². The molecule has 1 aliphatic heterocycles. The highest BCUT2D eigenvalue weighted by Crippen LogP contribution is 2.40. The molecule has 3 rings (SSSR count). The lowest BCUT2D eigenvalue weighted by atomic mass is 9.92. The molecule has 0 bridgehead atoms. The van der Waals surface area contributed by atoms with E-state index in [1.54, 1.807) is 0 Å². The zero-order valence-electron chi connectivity index (χ0n) is 12.8. The molecule has 0 unspecified atom stereocenters. The lowest BCUT2D eigenvalue weighted by Gasteiger charge is -2.37. The first-order valence-electron chi connectivity index (χ1n) is 8.16. The lowest BCUT2D eigenvalue weighted by Crippen LogP contribution is -2.45. The van der Waals surface area contributed by atoms with E-state index in [9.17, 15) is 9.90 Å². The number of likely N-dealkylation sites (tertiary alicyclic amines) is 1. The van der Waals surface area contributed by atoms with Crippen molar-refractivity contribution in [1.82, 2.24) is 4.90 Å². The summed E-state index contributed by atoms with van der Waals surface area (Å²) in [4.78, 5) is 14.5. The molecule has 1 aromatic carbocycles. The van der Waals surface area contributed by atoms with Gasteiger partial charge in [0, 0.05) is 19.2 Å². The number of aliphatic hydroxyl groups is 1. The number of carbonyl (C=O) groups is 1. The van der Waals surface area contributed by atoms with E-state index in [1.807, 2.05) is 4.90 Å². The van der Waals surface area contributed by atoms with Crippen LogP contribution in [0.15, 0.2) is 24.3 Å². The molecular formula is C18H25NO2. The van der Waals surface area contributed by atoms with Gasteiger partial charge in [0.15, 0.2) is 0 Å². The van der Waals surface area contributed by atoms with E-state index in [0.29, 0.717) is 12.3 Å². The normalized spacial score (nSPS) is 25.9. The SMILES string of the molecule is C[C@H]1C[C@@H](CO)CCN1C(=O)Cc1cccc(C2CC2)c1. The summed E-state index contributed by atoms with van der Waals surface area (Å²) >= 11 is 0. The fourth-order valence-corrected chi connectivity index (χ4v) is 3.46. The molecule has 0 aromatic heterocycles. The molecule has 2 aliphatic rings. The fraction of sp³-hybridized carbons (Fsp3) is 0.611. The van der Waals surface area contributed by atoms with Gasteiger partial charge in [-0.3, -0.25) is 4.79 Å². The van der Waals surface area contributed by atoms with Crippen molar-refractivity contribution in [3.63, 3.8) is 0 Å². The quantitative estimate of drug-likeness (QED) is 0.925. The average molecular weight is 287 g/mol. The van der Waals surface area contributed by atoms with E-state index in [2.05, 4.69) is 31.2 Å². The van der Waals surface area contributed by atoms with Crippen molar-refractivity contribution in [1.29, 1.82) is 0 Å². The zero-order chi connectivity index (χ0) is 14.8. The number of hydrogen-bond acceptors (Lipinski definition) is 2. The summed E-state index contributed by atoms with van der Waals surface area (Å²) in [6.45, 7) is 3.13. The standard InChI is InChI=1S/C18H25NO2/c1-13-9-15(12-20)7-8-19(13)18(21)11-14-3-2-4-17(10-14)16-5-6-16/h2-4,10,13,15-16,20H,5-9,11-12H2,1H3/t13-,15-/m0/s1. The minimum absolute atomic E-state index is 0.229. The molecule has 0 spiro atoms. The molecule has 3 nitrogen and oxygen atoms in total. The van der Waals surface area contributed by atoms with Crippen molar-refractivity contribution in [3.8, 4) is 0 Å². The number of rotatable bonds is 4. The molecule has 114 valence electrons. The summed E-state index contributed by atoms with van der Waals surface area (Å²) in [6.07, 6.45) is 4.94. The van der Waals surface area contributed by atoms with Crippen LogP contribution in [-0.2, 0) is 11.2 Å². The topological polar surface area (TPSA) is 40.5 Å². The van der Waals surface area contributed by atoms with Gasteiger partial charge in [-0.15, -0.1) is 0 Å². The Balaban J connectivity index is 1.62. The molecule has 0 radical (unpaired) electrons. The van der Waals surface area contributed by atoms with Gasteiger partial charge < -0.3 is 10.0 Å². The Morgan fingerprint density at radius 2 is 2.14 bits per heavy atom. The molecule has 1 saturated carbocycles. The maximum atomic E-state index is 12.5. The average Bonchev–Trinajstić information content (AvgIpc) is 3.32. The maximum absolute atomic E-state index is 12.5. The number of aliphatic hydroxyl groups excluding tert-OH is 1. The van der Waals surface area contributed by atoms with Crippen LogP contribution in [0, 0.1) is 5.92 Å². The highest BCUT2D eigenvalue weighted by atomic mass is 16.3. The molecule has 3 heteroatoms. The molecule has 1 heterocycles. The summed E-state index contributed by atoms with van der Waals surface area (Å²) in [5.74, 6) is 1.33. The van der Waals surface area contributed by atoms with Crippen molar-refractivity contribution < 1.29 is 9.90 Å². The van der Waals surface area contributed by atoms with Crippen LogP contribution < -0.4 is 0 Å². The number of nitrogens with zero attached hydrogens (tertiary/aromatic N) is 1. The van der Waals surface area contributed by atoms with Crippen molar-refractivity contribution >= 4 is 5.91 Å². The fourth-order valence-electron chi connectivity index (χ4n) is 3.46. The molecule has 2 atom stereocenters. The van der Waals surface area contributed by atoms with E-state index in [0.717, 1.165) is 30.9 Å². The second-order valence-corrected chi connectivity index (χ2v) is 6.71. The van der Waals surface area contributed by atoms with Crippen LogP contribution in [0.4, 0.5) is 0 Å². The van der Waals surface area contributed by atoms with Crippen LogP contribution in [0.2, 0.25) is 0 Å². The largest absolute Gasteiger partial charge is 0.396 e. The Morgan fingerprint density at radius 3 is 2.81 bits per heavy atom. The highest BCUT2D eigenvalue weighted by molar-refractivity contribution is 5.79. The molecule has 21 heavy (non-hydrogen) atoms. The van der Waals surface area contributed by atoms with Gasteiger partial charge in [0.1, 0.15) is 0 Å². The Hall–Kier alpha value is -1.35. The maximum Gasteiger partial charge on any atom is 0.227 e. The second kappa shape index (κ2) is 6.18. The third-order valence-electron chi connectivity index (χ3n) is 4.92. The van der Waals surface area contributed by atoms with E-state index >= 15 is 0 Å². The molecule has 1 N–H and O–H groups in total. The van der Waals surface area contributed by atoms with E-state index in [4.69, 9.17) is 0 Å². The lowest BCUT2D eigenvalue weighted by molar-refractivity contribution is -0.134. The summed E-state index contributed by atoms with van der Waals surface area (Å²) in [5, 5.41) is 9.25. The summed E-state index contributed by atoms with van der Waals surface area (Å²) in [7, 11) is 0. The third kappa shape index (κ3) is 3.46. The Labute approximate surface area is 127 Å². The second-order valence-electron chi connectivity index (χ2n) is 6.71. The predicted molar refractivity (Wildman–Crippen MR) is 83.1 cm³/mol. The highest BCUT2D eigenvalue weighted by Gasteiger charge is 2.28. The molecule has 1 aliphatic carbocycles. The third-order valence-corrected chi connectivity index (χ3v) is 4.92. The van der Waals surface area contributed by atoms with Crippen LogP contribution in [0.1, 0.15) is 49.7 Å². The van der Waals surface area contributed by atoms with Crippen molar-refractivity contribution in [2.45, 2.75) is 51.0 Å². The van der Waals surface area contributed by atoms with Crippen molar-refractivity contribution in [2.24, 2.45) is 5.92 Å². The molecule has 2 fully saturated rings. The van der Waals surface area contributed by atoms with Gasteiger partial charge in [-0.05, 0) is 55.6 Å². The Morgan fingerprint density at radius 1 is 1.33 bits per heavy atom. The van der Waals surface area contributed by atoms with Gasteiger partial charge in [-0.25, -0.2) is 0 Å².